The number of benzene rings is 2. The molecule has 0 fully saturated rings. The van der Waals surface area contributed by atoms with Crippen molar-refractivity contribution in [2.45, 2.75) is 31.3 Å². The van der Waals surface area contributed by atoms with Gasteiger partial charge in [-0.1, -0.05) is 30.3 Å². The lowest BCUT2D eigenvalue weighted by Gasteiger charge is -2.31. The van der Waals surface area contributed by atoms with Gasteiger partial charge in [0, 0.05) is 14.2 Å². The van der Waals surface area contributed by atoms with Gasteiger partial charge in [0.15, 0.2) is 0 Å². The van der Waals surface area contributed by atoms with Crippen LogP contribution in [0.4, 0.5) is 31.1 Å². The Balaban J connectivity index is 2.05. The molecule has 3 N–H and O–H groups in total. The molecule has 1 atom stereocenters. The first-order valence-electron chi connectivity index (χ1n) is 11.1. The Morgan fingerprint density at radius 1 is 0.846 bits per heavy atom. The Bertz CT molecular complexity index is 1110. The standard InChI is InChI=1S/C24H25F6N3O6/c1-31-20(35)22(37-2,33-19(34)11-32-21(36)39-13-15-6-4-3-5-7-15)14-38-12-16-8-17(23(25,26)27)10-18(9-16)24(28,29)30/h3-10H,11-14H2,1-2H3,(H,31,35)(H,32,36)(H,33,34)/t22-/m1/s1. The van der Waals surface area contributed by atoms with Crippen molar-refractivity contribution in [3.63, 3.8) is 0 Å². The number of hydrogen-bond donors (Lipinski definition) is 3. The Morgan fingerprint density at radius 2 is 1.44 bits per heavy atom. The maximum Gasteiger partial charge on any atom is 0.416 e. The van der Waals surface area contributed by atoms with Gasteiger partial charge < -0.3 is 30.2 Å². The van der Waals surface area contributed by atoms with Crippen molar-refractivity contribution in [2.75, 3.05) is 27.3 Å². The van der Waals surface area contributed by atoms with Crippen molar-refractivity contribution < 1.29 is 54.9 Å². The van der Waals surface area contributed by atoms with E-state index in [2.05, 4.69) is 16.0 Å². The predicted molar refractivity (Wildman–Crippen MR) is 123 cm³/mol. The first kappa shape index (κ1) is 31.4. The Labute approximate surface area is 218 Å². The lowest BCUT2D eigenvalue weighted by molar-refractivity contribution is -0.163. The molecule has 0 radical (unpaired) electrons. The molecule has 0 saturated heterocycles. The molecule has 3 amide bonds. The molecule has 0 aliphatic heterocycles. The van der Waals surface area contributed by atoms with Gasteiger partial charge in [0.25, 0.3) is 5.91 Å². The monoisotopic (exact) mass is 565 g/mol. The van der Waals surface area contributed by atoms with Crippen LogP contribution in [-0.4, -0.2) is 50.9 Å². The normalized spacial score (nSPS) is 13.2. The molecule has 0 unspecified atom stereocenters. The average Bonchev–Trinajstić information content (AvgIpc) is 2.89. The number of halogens is 6. The first-order valence-corrected chi connectivity index (χ1v) is 11.1. The summed E-state index contributed by atoms with van der Waals surface area (Å²) in [6.45, 7) is -2.35. The van der Waals surface area contributed by atoms with Gasteiger partial charge >= 0.3 is 18.4 Å². The molecule has 9 nitrogen and oxygen atoms in total. The van der Waals surface area contributed by atoms with Crippen LogP contribution in [0.5, 0.6) is 0 Å². The quantitative estimate of drug-likeness (QED) is 0.285. The molecule has 214 valence electrons. The van der Waals surface area contributed by atoms with Crippen LogP contribution in [0, 0.1) is 0 Å². The van der Waals surface area contributed by atoms with E-state index < -0.39 is 72.4 Å². The maximum atomic E-state index is 13.1. The Hall–Kier alpha value is -3.85. The summed E-state index contributed by atoms with van der Waals surface area (Å²) in [6.07, 6.45) is -11.1. The predicted octanol–water partition coefficient (Wildman–Crippen LogP) is 3.37. The summed E-state index contributed by atoms with van der Waals surface area (Å²) in [5, 5.41) is 6.56. The third-order valence-corrected chi connectivity index (χ3v) is 5.11. The van der Waals surface area contributed by atoms with Crippen molar-refractivity contribution in [2.24, 2.45) is 0 Å². The van der Waals surface area contributed by atoms with Gasteiger partial charge in [-0.05, 0) is 29.3 Å². The smallest absolute Gasteiger partial charge is 0.416 e. The van der Waals surface area contributed by atoms with Gasteiger partial charge in [-0.15, -0.1) is 0 Å². The highest BCUT2D eigenvalue weighted by Crippen LogP contribution is 2.36. The molecule has 2 aromatic carbocycles. The zero-order valence-corrected chi connectivity index (χ0v) is 20.7. The average molecular weight is 565 g/mol. The largest absolute Gasteiger partial charge is 0.445 e. The van der Waals surface area contributed by atoms with E-state index in [0.717, 1.165) is 7.11 Å². The van der Waals surface area contributed by atoms with Crippen molar-refractivity contribution in [3.8, 4) is 0 Å². The highest BCUT2D eigenvalue weighted by molar-refractivity contribution is 5.91. The van der Waals surface area contributed by atoms with E-state index >= 15 is 0 Å². The van der Waals surface area contributed by atoms with Crippen LogP contribution in [0.1, 0.15) is 22.3 Å². The summed E-state index contributed by atoms with van der Waals surface area (Å²) < 4.78 is 93.8. The number of alkyl halides is 6. The second-order valence-electron chi connectivity index (χ2n) is 7.98. The minimum atomic E-state index is -5.06. The Kier molecular flexibility index (Phi) is 10.7. The molecule has 39 heavy (non-hydrogen) atoms. The molecule has 0 saturated carbocycles. The molecule has 0 spiro atoms. The molecular formula is C24H25F6N3O6. The molecule has 0 aliphatic carbocycles. The van der Waals surface area contributed by atoms with E-state index in [1.165, 1.54) is 7.05 Å². The van der Waals surface area contributed by atoms with Crippen LogP contribution in [0.25, 0.3) is 0 Å². The molecule has 0 aromatic heterocycles. The van der Waals surface area contributed by atoms with E-state index in [1.807, 2.05) is 0 Å². The van der Waals surface area contributed by atoms with Crippen molar-refractivity contribution in [1.29, 1.82) is 0 Å². The van der Waals surface area contributed by atoms with Gasteiger partial charge in [0.2, 0.25) is 11.6 Å². The van der Waals surface area contributed by atoms with Gasteiger partial charge in [-0.3, -0.25) is 9.59 Å². The van der Waals surface area contributed by atoms with Crippen LogP contribution in [-0.2, 0) is 49.4 Å². The SMILES string of the molecule is CNC(=O)[C@](COCc1cc(C(F)(F)F)cc(C(F)(F)F)c1)(NC(=O)CNC(=O)OCc1ccccc1)OC. The van der Waals surface area contributed by atoms with Crippen LogP contribution >= 0.6 is 0 Å². The third-order valence-electron chi connectivity index (χ3n) is 5.11. The number of carbonyl (C=O) groups excluding carboxylic acids is 3. The number of likely N-dealkylation sites (N-methyl/N-ethyl adjacent to an activating group) is 1. The first-order chi connectivity index (χ1) is 18.2. The number of methoxy groups -OCH3 is 1. The molecule has 0 aliphatic rings. The van der Waals surface area contributed by atoms with Crippen molar-refractivity contribution >= 4 is 17.9 Å². The van der Waals surface area contributed by atoms with E-state index in [-0.39, 0.29) is 12.7 Å². The number of ether oxygens (including phenoxy) is 3. The summed E-state index contributed by atoms with van der Waals surface area (Å²) >= 11 is 0. The van der Waals surface area contributed by atoms with E-state index in [0.29, 0.717) is 17.7 Å². The minimum absolute atomic E-state index is 0.0361. The third kappa shape index (κ3) is 9.44. The molecule has 2 aromatic rings. The second kappa shape index (κ2) is 13.3. The minimum Gasteiger partial charge on any atom is -0.445 e. The van der Waals surface area contributed by atoms with E-state index in [1.54, 1.807) is 30.3 Å². The second-order valence-corrected chi connectivity index (χ2v) is 7.98. The lowest BCUT2D eigenvalue weighted by Crippen LogP contribution is -2.63. The van der Waals surface area contributed by atoms with Crippen LogP contribution in [0.3, 0.4) is 0 Å². The number of amides is 3. The van der Waals surface area contributed by atoms with Gasteiger partial charge in [0.05, 0.1) is 17.7 Å². The zero-order chi connectivity index (χ0) is 29.3. The highest BCUT2D eigenvalue weighted by Gasteiger charge is 2.41. The fourth-order valence-electron chi connectivity index (χ4n) is 3.17. The van der Waals surface area contributed by atoms with Crippen LogP contribution in [0.15, 0.2) is 48.5 Å². The number of carbonyl (C=O) groups is 3. The maximum absolute atomic E-state index is 13.1. The molecule has 2 rings (SSSR count). The van der Waals surface area contributed by atoms with Crippen molar-refractivity contribution in [3.05, 3.63) is 70.8 Å². The van der Waals surface area contributed by atoms with Crippen LogP contribution < -0.4 is 16.0 Å². The lowest BCUT2D eigenvalue weighted by atomic mass is 10.1. The molecule has 0 heterocycles. The zero-order valence-electron chi connectivity index (χ0n) is 20.7. The van der Waals surface area contributed by atoms with Gasteiger partial charge in [-0.25, -0.2) is 4.79 Å². The molecular weight excluding hydrogens is 540 g/mol. The summed E-state index contributed by atoms with van der Waals surface area (Å²) in [4.78, 5) is 36.7. The van der Waals surface area contributed by atoms with E-state index in [4.69, 9.17) is 14.2 Å². The number of alkyl carbamates (subject to hydrolysis) is 1. The highest BCUT2D eigenvalue weighted by atomic mass is 19.4. The summed E-state index contributed by atoms with van der Waals surface area (Å²) in [6, 6.07) is 9.55. The number of nitrogens with one attached hydrogen (secondary N) is 3. The summed E-state index contributed by atoms with van der Waals surface area (Å²) in [5.41, 5.74) is -5.13. The van der Waals surface area contributed by atoms with Gasteiger partial charge in [-0.2, -0.15) is 26.3 Å². The van der Waals surface area contributed by atoms with Crippen LogP contribution in [0.2, 0.25) is 0 Å². The fourth-order valence-corrected chi connectivity index (χ4v) is 3.17. The molecule has 0 bridgehead atoms. The summed E-state index contributed by atoms with van der Waals surface area (Å²) in [5.74, 6) is -1.90. The topological polar surface area (TPSA) is 115 Å². The fraction of sp³-hybridized carbons (Fsp3) is 0.375. The molecule has 15 heteroatoms. The van der Waals surface area contributed by atoms with Gasteiger partial charge in [0.1, 0.15) is 19.8 Å². The summed E-state index contributed by atoms with van der Waals surface area (Å²) in [7, 11) is 2.19. The Morgan fingerprint density at radius 3 is 1.95 bits per heavy atom. The number of rotatable bonds is 11. The van der Waals surface area contributed by atoms with E-state index in [9.17, 15) is 40.7 Å². The van der Waals surface area contributed by atoms with Crippen molar-refractivity contribution in [1.82, 2.24) is 16.0 Å². The number of hydrogen-bond acceptors (Lipinski definition) is 6.